The number of sulfonamides is 1. The maximum atomic E-state index is 11.5. The van der Waals surface area contributed by atoms with Crippen LogP contribution in [0.1, 0.15) is 40.7 Å². The highest BCUT2D eigenvalue weighted by molar-refractivity contribution is 7.89. The van der Waals surface area contributed by atoms with Gasteiger partial charge in [0.05, 0.1) is 16.5 Å². The minimum Gasteiger partial charge on any atom is -0.367 e. The van der Waals surface area contributed by atoms with E-state index in [4.69, 9.17) is 20.4 Å². The van der Waals surface area contributed by atoms with Crippen LogP contribution in [0.5, 0.6) is 0 Å². The van der Waals surface area contributed by atoms with Gasteiger partial charge in [-0.25, -0.2) is 13.6 Å². The van der Waals surface area contributed by atoms with Crippen LogP contribution in [0, 0.1) is 32.1 Å². The second kappa shape index (κ2) is 12.8. The van der Waals surface area contributed by atoms with E-state index >= 15 is 0 Å². The van der Waals surface area contributed by atoms with Crippen molar-refractivity contribution < 1.29 is 8.42 Å². The summed E-state index contributed by atoms with van der Waals surface area (Å²) in [4.78, 5) is 12.0. The van der Waals surface area contributed by atoms with Crippen LogP contribution in [0.15, 0.2) is 71.6 Å². The van der Waals surface area contributed by atoms with Crippen LogP contribution in [-0.4, -0.2) is 42.4 Å². The molecule has 0 unspecified atom stereocenters. The number of nitrogens with two attached hydrogens (primary N) is 1. The van der Waals surface area contributed by atoms with Crippen molar-refractivity contribution in [2.75, 3.05) is 29.0 Å². The summed E-state index contributed by atoms with van der Waals surface area (Å²) in [5.74, 6) is 1.83. The molecule has 1 fully saturated rings. The number of anilines is 5. The number of nitrogens with zero attached hydrogens (tertiary/aromatic N) is 4. The molecule has 0 saturated carbocycles. The Labute approximate surface area is 253 Å². The lowest BCUT2D eigenvalue weighted by molar-refractivity contribution is 0.211. The summed E-state index contributed by atoms with van der Waals surface area (Å²) in [6.07, 6.45) is 1.85. The van der Waals surface area contributed by atoms with Gasteiger partial charge >= 0.3 is 0 Å². The number of likely N-dealkylation sites (tertiary alicyclic amines) is 1. The van der Waals surface area contributed by atoms with Crippen molar-refractivity contribution in [3.63, 3.8) is 0 Å². The molecule has 0 radical (unpaired) electrons. The number of hydrogen-bond acceptors (Lipinski definition) is 9. The maximum Gasteiger partial charge on any atom is 0.238 e. The average Bonchev–Trinajstić information content (AvgIpc) is 2.96. The Bertz CT molecular complexity index is 1720. The van der Waals surface area contributed by atoms with Crippen LogP contribution >= 0.6 is 0 Å². The summed E-state index contributed by atoms with van der Waals surface area (Å²) in [5, 5.41) is 24.8. The molecule has 0 amide bonds. The second-order valence-electron chi connectivity index (χ2n) is 11.1. The lowest BCUT2D eigenvalue weighted by Gasteiger charge is -2.32. The summed E-state index contributed by atoms with van der Waals surface area (Å²) >= 11 is 0. The molecule has 1 aromatic heterocycles. The molecular formula is C32H36N8O2S. The Kier molecular flexibility index (Phi) is 8.92. The van der Waals surface area contributed by atoms with Crippen LogP contribution in [-0.2, 0) is 16.6 Å². The SMILES string of the molecule is Cc1cc(C)c(Nc2cc(NC3CCN(Cc4ccc(S(N)(=O)=O)cc4)CC3)nc(Nc3ccc(C#N)cc3)n2)c(C)c1. The van der Waals surface area contributed by atoms with Gasteiger partial charge in [0, 0.05) is 43.1 Å². The monoisotopic (exact) mass is 596 g/mol. The molecule has 0 bridgehead atoms. The van der Waals surface area contributed by atoms with Crippen LogP contribution < -0.4 is 21.1 Å². The largest absolute Gasteiger partial charge is 0.367 e. The van der Waals surface area contributed by atoms with E-state index in [2.05, 4.69) is 59.8 Å². The molecule has 4 aromatic rings. The fraction of sp³-hybridized carbons (Fsp3) is 0.281. The molecule has 5 rings (SSSR count). The molecule has 1 saturated heterocycles. The predicted octanol–water partition coefficient (Wildman–Crippen LogP) is 5.48. The predicted molar refractivity (Wildman–Crippen MR) is 170 cm³/mol. The molecular weight excluding hydrogens is 560 g/mol. The topological polar surface area (TPSA) is 149 Å². The summed E-state index contributed by atoms with van der Waals surface area (Å²) in [6.45, 7) is 8.78. The molecule has 0 spiro atoms. The van der Waals surface area contributed by atoms with Gasteiger partial charge in [0.2, 0.25) is 16.0 Å². The number of rotatable bonds is 9. The van der Waals surface area contributed by atoms with Gasteiger partial charge in [-0.3, -0.25) is 4.90 Å². The smallest absolute Gasteiger partial charge is 0.238 e. The number of benzene rings is 3. The standard InChI is InChI=1S/C32H36N8O2S/c1-21-16-22(2)31(23(3)17-21)37-30-18-29(38-32(39-30)36-26-8-4-24(19-33)5-9-26)35-27-12-14-40(15-13-27)20-25-6-10-28(11-7-25)43(34,41)42/h4-11,16-18,27H,12-15,20H2,1-3H3,(H2,34,41,42)(H3,35,36,37,38,39). The molecule has 1 aliphatic rings. The quantitative estimate of drug-likeness (QED) is 0.197. The Hall–Kier alpha value is -4.50. The van der Waals surface area contributed by atoms with Crippen LogP contribution in [0.4, 0.5) is 29.0 Å². The molecule has 1 aliphatic heterocycles. The zero-order chi connectivity index (χ0) is 30.6. The van der Waals surface area contributed by atoms with E-state index in [-0.39, 0.29) is 10.9 Å². The maximum absolute atomic E-state index is 11.5. The highest BCUT2D eigenvalue weighted by Gasteiger charge is 2.21. The Morgan fingerprint density at radius 2 is 1.53 bits per heavy atom. The average molecular weight is 597 g/mol. The Morgan fingerprint density at radius 3 is 2.14 bits per heavy atom. The van der Waals surface area contributed by atoms with E-state index in [1.165, 1.54) is 5.56 Å². The highest BCUT2D eigenvalue weighted by atomic mass is 32.2. The number of nitriles is 1. The molecule has 3 aromatic carbocycles. The van der Waals surface area contributed by atoms with Crippen LogP contribution in [0.2, 0.25) is 0 Å². The molecule has 0 aliphatic carbocycles. The first kappa shape index (κ1) is 30.0. The lowest BCUT2D eigenvalue weighted by atomic mass is 10.0. The molecule has 43 heavy (non-hydrogen) atoms. The van der Waals surface area contributed by atoms with Gasteiger partial charge in [-0.15, -0.1) is 0 Å². The fourth-order valence-corrected chi connectivity index (χ4v) is 5.91. The summed E-state index contributed by atoms with van der Waals surface area (Å²) in [6, 6.07) is 22.5. The zero-order valence-corrected chi connectivity index (χ0v) is 25.4. The normalized spacial score (nSPS) is 14.2. The first-order chi connectivity index (χ1) is 20.6. The number of hydrogen-bond donors (Lipinski definition) is 4. The third-order valence-electron chi connectivity index (χ3n) is 7.52. The third-order valence-corrected chi connectivity index (χ3v) is 8.45. The van der Waals surface area contributed by atoms with Crippen molar-refractivity contribution in [3.05, 3.63) is 94.5 Å². The van der Waals surface area contributed by atoms with E-state index in [0.717, 1.165) is 60.5 Å². The molecule has 0 atom stereocenters. The molecule has 11 heteroatoms. The first-order valence-corrected chi connectivity index (χ1v) is 15.7. The summed E-state index contributed by atoms with van der Waals surface area (Å²) < 4.78 is 23.1. The molecule has 2 heterocycles. The number of nitrogens with one attached hydrogen (secondary N) is 3. The van der Waals surface area contributed by atoms with Gasteiger partial charge < -0.3 is 16.0 Å². The zero-order valence-electron chi connectivity index (χ0n) is 24.6. The molecule has 5 N–H and O–H groups in total. The highest BCUT2D eigenvalue weighted by Crippen LogP contribution is 2.28. The summed E-state index contributed by atoms with van der Waals surface area (Å²) in [5.41, 5.74) is 6.92. The number of piperidine rings is 1. The molecule has 10 nitrogen and oxygen atoms in total. The van der Waals surface area contributed by atoms with Crippen LogP contribution in [0.3, 0.4) is 0 Å². The van der Waals surface area contributed by atoms with Gasteiger partial charge in [0.15, 0.2) is 0 Å². The minimum absolute atomic E-state index is 0.124. The van der Waals surface area contributed by atoms with Crippen molar-refractivity contribution in [2.45, 2.75) is 51.1 Å². The van der Waals surface area contributed by atoms with E-state index < -0.39 is 10.0 Å². The van der Waals surface area contributed by atoms with E-state index in [1.807, 2.05) is 30.3 Å². The molecule has 222 valence electrons. The van der Waals surface area contributed by atoms with E-state index in [0.29, 0.717) is 23.1 Å². The van der Waals surface area contributed by atoms with E-state index in [1.54, 1.807) is 24.3 Å². The number of primary sulfonamides is 1. The van der Waals surface area contributed by atoms with Gasteiger partial charge in [-0.2, -0.15) is 15.2 Å². The lowest BCUT2D eigenvalue weighted by Crippen LogP contribution is -2.38. The third kappa shape index (κ3) is 7.87. The van der Waals surface area contributed by atoms with Crippen molar-refractivity contribution in [3.8, 4) is 6.07 Å². The van der Waals surface area contributed by atoms with Gasteiger partial charge in [0.1, 0.15) is 11.6 Å². The number of aromatic nitrogens is 2. The van der Waals surface area contributed by atoms with Gasteiger partial charge in [-0.1, -0.05) is 29.8 Å². The Morgan fingerprint density at radius 1 is 0.907 bits per heavy atom. The van der Waals surface area contributed by atoms with E-state index in [9.17, 15) is 8.42 Å². The Balaban J connectivity index is 1.29. The number of aryl methyl sites for hydroxylation is 3. The van der Waals surface area contributed by atoms with Crippen molar-refractivity contribution in [2.24, 2.45) is 5.14 Å². The summed E-state index contributed by atoms with van der Waals surface area (Å²) in [7, 11) is -3.69. The first-order valence-electron chi connectivity index (χ1n) is 14.2. The second-order valence-corrected chi connectivity index (χ2v) is 12.6. The van der Waals surface area contributed by atoms with Gasteiger partial charge in [0.25, 0.3) is 0 Å². The van der Waals surface area contributed by atoms with Gasteiger partial charge in [-0.05, 0) is 86.7 Å². The van der Waals surface area contributed by atoms with Crippen molar-refractivity contribution in [1.29, 1.82) is 5.26 Å². The minimum atomic E-state index is -3.69. The van der Waals surface area contributed by atoms with Crippen molar-refractivity contribution >= 4 is 39.0 Å². The fourth-order valence-electron chi connectivity index (χ4n) is 5.39. The van der Waals surface area contributed by atoms with Crippen LogP contribution in [0.25, 0.3) is 0 Å². The van der Waals surface area contributed by atoms with Crippen molar-refractivity contribution in [1.82, 2.24) is 14.9 Å².